The summed E-state index contributed by atoms with van der Waals surface area (Å²) in [6, 6.07) is 0.603. The van der Waals surface area contributed by atoms with Gasteiger partial charge in [0.25, 0.3) is 0 Å². The van der Waals surface area contributed by atoms with E-state index in [1.807, 2.05) is 11.8 Å². The van der Waals surface area contributed by atoms with Gasteiger partial charge >= 0.3 is 0 Å². The lowest BCUT2D eigenvalue weighted by molar-refractivity contribution is 0.372. The lowest BCUT2D eigenvalue weighted by Gasteiger charge is -2.39. The molecule has 2 fully saturated rings. The predicted octanol–water partition coefficient (Wildman–Crippen LogP) is 0.843. The first-order chi connectivity index (χ1) is 7.28. The third-order valence-corrected chi connectivity index (χ3v) is 4.68. The zero-order valence-corrected chi connectivity index (χ0v) is 10.1. The van der Waals surface area contributed by atoms with Gasteiger partial charge in [-0.05, 0) is 31.9 Å². The van der Waals surface area contributed by atoms with Crippen molar-refractivity contribution in [3.63, 3.8) is 0 Å². The highest BCUT2D eigenvalue weighted by atomic mass is 32.2. The van der Waals surface area contributed by atoms with E-state index < -0.39 is 0 Å². The second-order valence-corrected chi connectivity index (χ2v) is 5.74. The Balaban J connectivity index is 1.83. The van der Waals surface area contributed by atoms with Crippen molar-refractivity contribution in [3.8, 4) is 0 Å². The van der Waals surface area contributed by atoms with Gasteiger partial charge in [0.15, 0.2) is 0 Å². The molecule has 0 bridgehead atoms. The van der Waals surface area contributed by atoms with Gasteiger partial charge in [0.1, 0.15) is 0 Å². The van der Waals surface area contributed by atoms with Gasteiger partial charge in [0.05, 0.1) is 6.54 Å². The quantitative estimate of drug-likeness (QED) is 0.289. The summed E-state index contributed by atoms with van der Waals surface area (Å²) >= 11 is 1.94. The van der Waals surface area contributed by atoms with Crippen LogP contribution in [0.4, 0.5) is 0 Å². The molecule has 4 nitrogen and oxygen atoms in total. The Bertz CT molecular complexity index is 240. The second-order valence-electron chi connectivity index (χ2n) is 4.47. The highest BCUT2D eigenvalue weighted by Crippen LogP contribution is 2.42. The monoisotopic (exact) mass is 228 g/mol. The Labute approximate surface area is 95.4 Å². The molecule has 0 unspecified atom stereocenters. The minimum absolute atomic E-state index is 0.396. The molecule has 0 aromatic rings. The van der Waals surface area contributed by atoms with E-state index in [0.29, 0.717) is 10.8 Å². The second kappa shape index (κ2) is 4.61. The molecule has 86 valence electrons. The smallest absolute Gasteiger partial charge is 0.205 e. The molecule has 15 heavy (non-hydrogen) atoms. The summed E-state index contributed by atoms with van der Waals surface area (Å²) in [6.07, 6.45) is 8.59. The molecule has 2 saturated carbocycles. The molecule has 0 spiro atoms. The van der Waals surface area contributed by atoms with E-state index in [0.717, 1.165) is 12.5 Å². The Morgan fingerprint density at radius 3 is 2.67 bits per heavy atom. The van der Waals surface area contributed by atoms with Crippen molar-refractivity contribution in [2.24, 2.45) is 10.8 Å². The zero-order chi connectivity index (χ0) is 10.7. The maximum absolute atomic E-state index is 5.43. The molecule has 0 heterocycles. The molecule has 0 amide bonds. The van der Waals surface area contributed by atoms with Crippen molar-refractivity contribution >= 4 is 17.7 Å². The summed E-state index contributed by atoms with van der Waals surface area (Å²) in [5.74, 6) is 6.19. The van der Waals surface area contributed by atoms with Gasteiger partial charge in [0, 0.05) is 10.8 Å². The maximum Gasteiger partial charge on any atom is 0.205 e. The Kier molecular flexibility index (Phi) is 3.41. The van der Waals surface area contributed by atoms with Gasteiger partial charge in [-0.15, -0.1) is 0 Å². The first-order valence-corrected chi connectivity index (χ1v) is 6.83. The highest BCUT2D eigenvalue weighted by Gasteiger charge is 2.36. The summed E-state index contributed by atoms with van der Waals surface area (Å²) in [5.41, 5.74) is 2.65. The number of hydrogen-bond acceptors (Lipinski definition) is 3. The van der Waals surface area contributed by atoms with E-state index >= 15 is 0 Å². The fraction of sp³-hybridized carbons (Fsp3) is 0.900. The van der Waals surface area contributed by atoms with E-state index in [-0.39, 0.29) is 0 Å². The third-order valence-electron chi connectivity index (χ3n) is 3.28. The topological polar surface area (TPSA) is 62.4 Å². The number of nitrogens with two attached hydrogens (primary N) is 1. The molecular weight excluding hydrogens is 208 g/mol. The lowest BCUT2D eigenvalue weighted by atomic mass is 9.84. The van der Waals surface area contributed by atoms with Gasteiger partial charge in [-0.2, -0.15) is 11.8 Å². The predicted molar refractivity (Wildman–Crippen MR) is 65.9 cm³/mol. The van der Waals surface area contributed by atoms with E-state index in [4.69, 9.17) is 5.84 Å². The van der Waals surface area contributed by atoms with Gasteiger partial charge in [0.2, 0.25) is 5.96 Å². The third kappa shape index (κ3) is 2.78. The van der Waals surface area contributed by atoms with Crippen molar-refractivity contribution in [1.29, 1.82) is 0 Å². The summed E-state index contributed by atoms with van der Waals surface area (Å²) in [4.78, 5) is 4.54. The van der Waals surface area contributed by atoms with E-state index in [1.54, 1.807) is 0 Å². The van der Waals surface area contributed by atoms with E-state index in [9.17, 15) is 0 Å². The molecule has 0 saturated heterocycles. The first kappa shape index (κ1) is 11.1. The van der Waals surface area contributed by atoms with Crippen molar-refractivity contribution in [3.05, 3.63) is 0 Å². The first-order valence-electron chi connectivity index (χ1n) is 5.61. The van der Waals surface area contributed by atoms with E-state index in [2.05, 4.69) is 22.0 Å². The van der Waals surface area contributed by atoms with Crippen LogP contribution in [0.15, 0.2) is 4.99 Å². The molecule has 0 atom stereocenters. The Morgan fingerprint density at radius 2 is 2.27 bits per heavy atom. The number of guanidine groups is 1. The van der Waals surface area contributed by atoms with Crippen LogP contribution in [0.25, 0.3) is 0 Å². The molecule has 5 heteroatoms. The number of rotatable bonds is 4. The summed E-state index contributed by atoms with van der Waals surface area (Å²) in [5, 5.41) is 3.29. The van der Waals surface area contributed by atoms with Crippen LogP contribution in [-0.4, -0.2) is 29.5 Å². The summed E-state index contributed by atoms with van der Waals surface area (Å²) < 4.78 is 0.396. The van der Waals surface area contributed by atoms with Gasteiger partial charge < -0.3 is 5.32 Å². The molecular formula is C10H20N4S. The molecule has 0 aromatic carbocycles. The van der Waals surface area contributed by atoms with Gasteiger partial charge in [-0.1, -0.05) is 6.42 Å². The van der Waals surface area contributed by atoms with Crippen LogP contribution >= 0.6 is 11.8 Å². The Morgan fingerprint density at radius 1 is 1.53 bits per heavy atom. The van der Waals surface area contributed by atoms with Crippen LogP contribution in [0.1, 0.15) is 32.1 Å². The lowest BCUT2D eigenvalue weighted by Crippen LogP contribution is -2.44. The molecule has 0 radical (unpaired) electrons. The number of aliphatic imine (C=N–C) groups is 1. The van der Waals surface area contributed by atoms with E-state index in [1.165, 1.54) is 32.1 Å². The number of thioether (sulfide) groups is 1. The van der Waals surface area contributed by atoms with Gasteiger partial charge in [-0.3, -0.25) is 10.4 Å². The molecule has 2 rings (SSSR count). The minimum Gasteiger partial charge on any atom is -0.353 e. The van der Waals surface area contributed by atoms with Crippen LogP contribution in [0, 0.1) is 0 Å². The fourth-order valence-corrected chi connectivity index (χ4v) is 2.67. The molecule has 0 aliphatic heterocycles. The molecule has 2 aliphatic rings. The van der Waals surface area contributed by atoms with Crippen molar-refractivity contribution in [2.45, 2.75) is 42.9 Å². The van der Waals surface area contributed by atoms with Crippen LogP contribution < -0.4 is 16.6 Å². The SMILES string of the molecule is CSC1(CN=C(NN)NC2CC2)CCC1. The average molecular weight is 228 g/mol. The Hall–Kier alpha value is -0.420. The number of hydrogen-bond donors (Lipinski definition) is 3. The molecule has 2 aliphatic carbocycles. The number of hydrazine groups is 1. The minimum atomic E-state index is 0.396. The summed E-state index contributed by atoms with van der Waals surface area (Å²) in [6.45, 7) is 0.882. The fourth-order valence-electron chi connectivity index (χ4n) is 1.78. The molecule has 4 N–H and O–H groups in total. The van der Waals surface area contributed by atoms with Crippen molar-refractivity contribution in [2.75, 3.05) is 12.8 Å². The number of nitrogens with one attached hydrogen (secondary N) is 2. The largest absolute Gasteiger partial charge is 0.353 e. The van der Waals surface area contributed by atoms with Gasteiger partial charge in [-0.25, -0.2) is 5.84 Å². The van der Waals surface area contributed by atoms with Crippen molar-refractivity contribution in [1.82, 2.24) is 10.7 Å². The average Bonchev–Trinajstić information content (AvgIpc) is 2.99. The van der Waals surface area contributed by atoms with Crippen LogP contribution in [-0.2, 0) is 0 Å². The normalized spacial score (nSPS) is 24.5. The van der Waals surface area contributed by atoms with Crippen LogP contribution in [0.5, 0.6) is 0 Å². The maximum atomic E-state index is 5.43. The highest BCUT2D eigenvalue weighted by molar-refractivity contribution is 8.00. The standard InChI is InChI=1S/C10H20N4S/c1-15-10(5-2-6-10)7-12-9(14-11)13-8-3-4-8/h8H,2-7,11H2,1H3,(H2,12,13,14). The van der Waals surface area contributed by atoms with Crippen molar-refractivity contribution < 1.29 is 0 Å². The van der Waals surface area contributed by atoms with Crippen LogP contribution in [0.3, 0.4) is 0 Å². The summed E-state index contributed by atoms with van der Waals surface area (Å²) in [7, 11) is 0. The molecule has 0 aromatic heterocycles. The van der Waals surface area contributed by atoms with Crippen LogP contribution in [0.2, 0.25) is 0 Å². The zero-order valence-electron chi connectivity index (χ0n) is 9.25. The number of nitrogens with zero attached hydrogens (tertiary/aromatic N) is 1.